The summed E-state index contributed by atoms with van der Waals surface area (Å²) in [6, 6.07) is 9.82. The van der Waals surface area contributed by atoms with Gasteiger partial charge in [0.25, 0.3) is 0 Å². The molecule has 0 aliphatic carbocycles. The molecule has 8 heteroatoms. The topological polar surface area (TPSA) is 107 Å². The molecule has 1 rings (SSSR count). The monoisotopic (exact) mass is 475 g/mol. The van der Waals surface area contributed by atoms with E-state index in [4.69, 9.17) is 24.1 Å². The average Bonchev–Trinajstić information content (AvgIpc) is 2.81. The Bertz CT molecular complexity index is 829. The van der Waals surface area contributed by atoms with Crippen LogP contribution in [0.2, 0.25) is 0 Å². The third kappa shape index (κ3) is 13.6. The van der Waals surface area contributed by atoms with Gasteiger partial charge in [0.15, 0.2) is 12.2 Å². The van der Waals surface area contributed by atoms with Crippen molar-refractivity contribution in [2.24, 2.45) is 4.99 Å². The van der Waals surface area contributed by atoms with Gasteiger partial charge in [0.2, 0.25) is 0 Å². The Hall–Kier alpha value is -2.94. The van der Waals surface area contributed by atoms with Crippen molar-refractivity contribution in [3.63, 3.8) is 0 Å². The number of hydrogen-bond acceptors (Lipinski definition) is 8. The SMILES string of the molecule is C=C(C)C(=O)OCCO/C(C)=C/C(=C/CC(=NCCCO)OCCOC(C)O)c1ccccc1. The molecule has 2 N–H and O–H groups in total. The number of benzene rings is 1. The number of aliphatic imine (C=N–C) groups is 1. The predicted molar refractivity (Wildman–Crippen MR) is 132 cm³/mol. The molecule has 0 radical (unpaired) electrons. The second-order valence-electron chi connectivity index (χ2n) is 7.42. The molecule has 0 aliphatic heterocycles. The van der Waals surface area contributed by atoms with Gasteiger partial charge < -0.3 is 29.2 Å². The Morgan fingerprint density at radius 3 is 2.41 bits per heavy atom. The smallest absolute Gasteiger partial charge is 0.333 e. The van der Waals surface area contributed by atoms with E-state index in [1.807, 2.05) is 49.4 Å². The van der Waals surface area contributed by atoms with E-state index in [2.05, 4.69) is 11.6 Å². The van der Waals surface area contributed by atoms with Crippen LogP contribution in [-0.4, -0.2) is 67.9 Å². The van der Waals surface area contributed by atoms with Gasteiger partial charge in [0, 0.05) is 25.1 Å². The Labute approximate surface area is 202 Å². The maximum Gasteiger partial charge on any atom is 0.333 e. The minimum absolute atomic E-state index is 0.0496. The van der Waals surface area contributed by atoms with Gasteiger partial charge in [-0.1, -0.05) is 43.0 Å². The van der Waals surface area contributed by atoms with Gasteiger partial charge in [-0.25, -0.2) is 4.79 Å². The lowest BCUT2D eigenvalue weighted by atomic mass is 10.0. The van der Waals surface area contributed by atoms with Crippen molar-refractivity contribution < 1.29 is 34.0 Å². The van der Waals surface area contributed by atoms with Gasteiger partial charge in [-0.2, -0.15) is 0 Å². The maximum atomic E-state index is 11.5. The highest BCUT2D eigenvalue weighted by molar-refractivity contribution is 5.86. The van der Waals surface area contributed by atoms with Gasteiger partial charge >= 0.3 is 5.97 Å². The molecule has 0 saturated heterocycles. The van der Waals surface area contributed by atoms with Crippen molar-refractivity contribution in [2.45, 2.75) is 39.9 Å². The van der Waals surface area contributed by atoms with Crippen molar-refractivity contribution in [1.29, 1.82) is 0 Å². The van der Waals surface area contributed by atoms with Crippen molar-refractivity contribution in [2.75, 3.05) is 39.6 Å². The second kappa shape index (κ2) is 17.5. The van der Waals surface area contributed by atoms with E-state index in [0.29, 0.717) is 36.6 Å². The molecule has 0 bridgehead atoms. The Kier molecular flexibility index (Phi) is 15.0. The summed E-state index contributed by atoms with van der Waals surface area (Å²) >= 11 is 0. The average molecular weight is 476 g/mol. The van der Waals surface area contributed by atoms with E-state index in [0.717, 1.165) is 11.1 Å². The fraction of sp³-hybridized carbons (Fsp3) is 0.462. The molecule has 1 aromatic rings. The van der Waals surface area contributed by atoms with Crippen LogP contribution in [0.3, 0.4) is 0 Å². The van der Waals surface area contributed by atoms with Gasteiger partial charge in [-0.3, -0.25) is 4.99 Å². The molecule has 188 valence electrons. The van der Waals surface area contributed by atoms with Crippen LogP contribution in [0.4, 0.5) is 0 Å². The van der Waals surface area contributed by atoms with E-state index in [1.54, 1.807) is 6.92 Å². The number of nitrogens with zero attached hydrogens (tertiary/aromatic N) is 1. The number of carbonyl (C=O) groups excluding carboxylic acids is 1. The highest BCUT2D eigenvalue weighted by Gasteiger charge is 2.06. The zero-order chi connectivity index (χ0) is 25.2. The number of hydrogen-bond donors (Lipinski definition) is 2. The molecular formula is C26H37NO7. The third-order valence-electron chi connectivity index (χ3n) is 4.27. The predicted octanol–water partition coefficient (Wildman–Crippen LogP) is 3.65. The van der Waals surface area contributed by atoms with Crippen molar-refractivity contribution in [3.05, 3.63) is 66.0 Å². The summed E-state index contributed by atoms with van der Waals surface area (Å²) in [7, 11) is 0. The summed E-state index contributed by atoms with van der Waals surface area (Å²) in [5.41, 5.74) is 2.25. The van der Waals surface area contributed by atoms with E-state index >= 15 is 0 Å². The van der Waals surface area contributed by atoms with Crippen LogP contribution in [0.5, 0.6) is 0 Å². The third-order valence-corrected chi connectivity index (χ3v) is 4.27. The summed E-state index contributed by atoms with van der Waals surface area (Å²) in [6.45, 7) is 9.83. The molecule has 1 aromatic carbocycles. The molecule has 0 heterocycles. The van der Waals surface area contributed by atoms with E-state index in [1.165, 1.54) is 6.92 Å². The van der Waals surface area contributed by atoms with Crippen LogP contribution in [0.15, 0.2) is 65.4 Å². The summed E-state index contributed by atoms with van der Waals surface area (Å²) in [6.07, 6.45) is 3.98. The zero-order valence-electron chi connectivity index (χ0n) is 20.4. The molecule has 0 saturated carbocycles. The number of carbonyl (C=O) groups is 1. The molecule has 0 spiro atoms. The van der Waals surface area contributed by atoms with E-state index < -0.39 is 12.3 Å². The molecule has 0 aromatic heterocycles. The Morgan fingerprint density at radius 1 is 1.09 bits per heavy atom. The van der Waals surface area contributed by atoms with Crippen LogP contribution in [-0.2, 0) is 23.7 Å². The quantitative estimate of drug-likeness (QED) is 0.0549. The standard InChI is InChI=1S/C26H37NO7/c1-20(2)26(30)34-18-15-31-21(3)19-24(23-9-6-5-7-10-23)11-12-25(27-13-8-14-28)33-17-16-32-22(4)29/h5-7,9-11,19,22,28-29H,1,8,12-18H2,2-4H3/b21-19+,24-11-,27-25?. The number of allylic oxidation sites excluding steroid dienone is 3. The van der Waals surface area contributed by atoms with Crippen LogP contribution >= 0.6 is 0 Å². The largest absolute Gasteiger partial charge is 0.495 e. The number of aliphatic hydroxyl groups excluding tert-OH is 2. The maximum absolute atomic E-state index is 11.5. The molecule has 1 unspecified atom stereocenters. The van der Waals surface area contributed by atoms with Crippen molar-refractivity contribution in [1.82, 2.24) is 0 Å². The fourth-order valence-electron chi connectivity index (χ4n) is 2.63. The van der Waals surface area contributed by atoms with E-state index in [-0.39, 0.29) is 33.0 Å². The van der Waals surface area contributed by atoms with Gasteiger partial charge in [0.05, 0.1) is 12.4 Å². The molecule has 1 atom stereocenters. The first-order valence-electron chi connectivity index (χ1n) is 11.3. The summed E-state index contributed by atoms with van der Waals surface area (Å²) in [5.74, 6) is 0.725. The summed E-state index contributed by atoms with van der Waals surface area (Å²) in [5, 5.41) is 18.3. The number of rotatable bonds is 16. The lowest BCUT2D eigenvalue weighted by Gasteiger charge is -2.12. The number of esters is 1. The highest BCUT2D eigenvalue weighted by Crippen LogP contribution is 2.19. The zero-order valence-corrected chi connectivity index (χ0v) is 20.4. The lowest BCUT2D eigenvalue weighted by Crippen LogP contribution is -2.15. The molecule has 0 aliphatic rings. The molecular weight excluding hydrogens is 438 g/mol. The van der Waals surface area contributed by atoms with Gasteiger partial charge in [-0.15, -0.1) is 0 Å². The number of aliphatic hydroxyl groups is 2. The highest BCUT2D eigenvalue weighted by atomic mass is 16.6. The van der Waals surface area contributed by atoms with Crippen LogP contribution in [0, 0.1) is 0 Å². The first-order valence-corrected chi connectivity index (χ1v) is 11.3. The molecule has 0 amide bonds. The Morgan fingerprint density at radius 2 is 1.76 bits per heavy atom. The second-order valence-corrected chi connectivity index (χ2v) is 7.42. The summed E-state index contributed by atoms with van der Waals surface area (Å²) in [4.78, 5) is 15.9. The van der Waals surface area contributed by atoms with Crippen LogP contribution in [0.25, 0.3) is 5.57 Å². The fourth-order valence-corrected chi connectivity index (χ4v) is 2.63. The minimum Gasteiger partial charge on any atom is -0.495 e. The number of ether oxygens (including phenoxy) is 4. The molecule has 34 heavy (non-hydrogen) atoms. The van der Waals surface area contributed by atoms with E-state index in [9.17, 15) is 9.90 Å². The van der Waals surface area contributed by atoms with Crippen molar-refractivity contribution in [3.8, 4) is 0 Å². The van der Waals surface area contributed by atoms with Gasteiger partial charge in [-0.05, 0) is 44.4 Å². The lowest BCUT2D eigenvalue weighted by molar-refractivity contribution is -0.140. The summed E-state index contributed by atoms with van der Waals surface area (Å²) < 4.78 is 21.6. The first kappa shape index (κ1) is 29.1. The van der Waals surface area contributed by atoms with Gasteiger partial charge in [0.1, 0.15) is 19.8 Å². The minimum atomic E-state index is -0.861. The normalized spacial score (nSPS) is 13.4. The molecule has 8 nitrogen and oxygen atoms in total. The van der Waals surface area contributed by atoms with Crippen molar-refractivity contribution >= 4 is 17.4 Å². The van der Waals surface area contributed by atoms with Crippen LogP contribution < -0.4 is 0 Å². The Balaban J connectivity index is 2.88. The molecule has 0 fully saturated rings. The first-order chi connectivity index (χ1) is 16.3. The van der Waals surface area contributed by atoms with Crippen LogP contribution in [0.1, 0.15) is 39.2 Å².